The Bertz CT molecular complexity index is 1450. The fraction of sp³-hybridized carbons (Fsp3) is 0.429. The van der Waals surface area contributed by atoms with Crippen LogP contribution in [0, 0.1) is 22.7 Å². The normalized spacial score (nSPS) is 17.0. The highest BCUT2D eigenvalue weighted by molar-refractivity contribution is 7.07. The lowest BCUT2D eigenvalue weighted by molar-refractivity contribution is -0.116. The van der Waals surface area contributed by atoms with E-state index in [-0.39, 0.29) is 17.7 Å². The molecule has 1 fully saturated rings. The summed E-state index contributed by atoms with van der Waals surface area (Å²) in [5.41, 5.74) is 7.29. The Morgan fingerprint density at radius 1 is 1.24 bits per heavy atom. The van der Waals surface area contributed by atoms with Crippen LogP contribution in [0.25, 0.3) is 11.5 Å². The number of nitrogens with zero attached hydrogens (tertiary/aromatic N) is 4. The van der Waals surface area contributed by atoms with Gasteiger partial charge < -0.3 is 10.6 Å². The first-order chi connectivity index (χ1) is 17.9. The molecule has 37 heavy (non-hydrogen) atoms. The van der Waals surface area contributed by atoms with Crippen molar-refractivity contribution in [2.45, 2.75) is 65.1 Å². The van der Waals surface area contributed by atoms with Gasteiger partial charge in [0.25, 0.3) is 11.5 Å². The molecule has 8 nitrogen and oxygen atoms in total. The number of likely N-dealkylation sites (tertiary alicyclic amines) is 1. The van der Waals surface area contributed by atoms with Gasteiger partial charge in [0.1, 0.15) is 21.8 Å². The predicted octanol–water partition coefficient (Wildman–Crippen LogP) is 2.21. The molecule has 1 saturated heterocycles. The van der Waals surface area contributed by atoms with Crippen LogP contribution in [-0.2, 0) is 17.8 Å². The summed E-state index contributed by atoms with van der Waals surface area (Å²) in [6.07, 6.45) is 6.40. The van der Waals surface area contributed by atoms with Gasteiger partial charge in [-0.25, -0.2) is 0 Å². The smallest absolute Gasteiger partial charge is 0.277 e. The number of nitriles is 2. The predicted molar refractivity (Wildman–Crippen MR) is 146 cm³/mol. The number of thiazole rings is 1. The third-order valence-electron chi connectivity index (χ3n) is 6.50. The first kappa shape index (κ1) is 27.7. The summed E-state index contributed by atoms with van der Waals surface area (Å²) in [6.45, 7) is 7.59. The van der Waals surface area contributed by atoms with Crippen LogP contribution in [0.1, 0.15) is 45.6 Å². The first-order valence-corrected chi connectivity index (χ1v) is 13.3. The van der Waals surface area contributed by atoms with Crippen molar-refractivity contribution in [1.82, 2.24) is 14.8 Å². The average molecular weight is 517 g/mol. The van der Waals surface area contributed by atoms with Gasteiger partial charge in [0.05, 0.1) is 6.07 Å². The van der Waals surface area contributed by atoms with E-state index in [9.17, 15) is 14.9 Å². The van der Waals surface area contributed by atoms with Crippen molar-refractivity contribution in [3.8, 4) is 12.1 Å². The maximum absolute atomic E-state index is 12.8. The molecule has 0 radical (unpaired) electrons. The Labute approximate surface area is 221 Å². The summed E-state index contributed by atoms with van der Waals surface area (Å²) in [4.78, 5) is 27.5. The highest BCUT2D eigenvalue weighted by Gasteiger charge is 2.23. The fourth-order valence-electron chi connectivity index (χ4n) is 4.51. The Hall–Kier alpha value is -3.84. The topological polar surface area (TPSA) is 114 Å². The monoisotopic (exact) mass is 516 g/mol. The second kappa shape index (κ2) is 13.5. The molecule has 1 aromatic carbocycles. The van der Waals surface area contributed by atoms with Crippen molar-refractivity contribution in [3.63, 3.8) is 0 Å². The van der Waals surface area contributed by atoms with E-state index < -0.39 is 5.91 Å². The third-order valence-corrected chi connectivity index (χ3v) is 7.51. The van der Waals surface area contributed by atoms with Gasteiger partial charge in [-0.15, -0.1) is 0 Å². The number of carbonyl (C=O) groups excluding carboxylic acids is 1. The highest BCUT2D eigenvalue weighted by atomic mass is 32.1. The van der Waals surface area contributed by atoms with Crippen molar-refractivity contribution >= 4 is 34.4 Å². The molecular weight excluding hydrogens is 484 g/mol. The summed E-state index contributed by atoms with van der Waals surface area (Å²) < 4.78 is 2.10. The maximum Gasteiger partial charge on any atom is 0.277 e. The van der Waals surface area contributed by atoms with Gasteiger partial charge in [-0.1, -0.05) is 41.4 Å². The minimum absolute atomic E-state index is 0.220. The molecule has 2 heterocycles. The molecule has 0 spiro atoms. The van der Waals surface area contributed by atoms with Crippen LogP contribution in [0.3, 0.4) is 0 Å². The Morgan fingerprint density at radius 2 is 2.00 bits per heavy atom. The largest absolute Gasteiger partial charge is 0.355 e. The van der Waals surface area contributed by atoms with E-state index in [1.807, 2.05) is 12.1 Å². The summed E-state index contributed by atoms with van der Waals surface area (Å²) in [6, 6.07) is 13.0. The fourth-order valence-corrected chi connectivity index (χ4v) is 5.49. The zero-order chi connectivity index (χ0) is 26.8. The Kier molecular flexibility index (Phi) is 10.1. The van der Waals surface area contributed by atoms with E-state index in [1.165, 1.54) is 29.4 Å². The van der Waals surface area contributed by atoms with E-state index in [0.29, 0.717) is 27.8 Å². The molecule has 1 aromatic heterocycles. The number of rotatable bonds is 8. The number of hydrogen-bond donors (Lipinski definition) is 2. The Morgan fingerprint density at radius 3 is 2.68 bits per heavy atom. The van der Waals surface area contributed by atoms with E-state index in [4.69, 9.17) is 5.26 Å². The van der Waals surface area contributed by atoms with Crippen molar-refractivity contribution < 1.29 is 4.79 Å². The van der Waals surface area contributed by atoms with Crippen LogP contribution in [0.2, 0.25) is 0 Å². The SMILES string of the molecule is CCn1c(=C=C(C#N)C(=O)NCC#N)sc(=C=CNc2cccc(CCN3C(C)CCCC3C)c2)c1=O. The van der Waals surface area contributed by atoms with Gasteiger partial charge in [-0.05, 0) is 57.7 Å². The summed E-state index contributed by atoms with van der Waals surface area (Å²) in [5, 5.41) is 23.4. The van der Waals surface area contributed by atoms with Crippen LogP contribution in [-0.4, -0.2) is 40.5 Å². The number of aromatic nitrogens is 1. The molecule has 2 N–H and O–H groups in total. The summed E-state index contributed by atoms with van der Waals surface area (Å²) in [7, 11) is 0. The van der Waals surface area contributed by atoms with Crippen molar-refractivity contribution in [2.75, 3.05) is 18.4 Å². The molecule has 2 unspecified atom stereocenters. The van der Waals surface area contributed by atoms with Crippen molar-refractivity contribution in [2.24, 2.45) is 0 Å². The number of anilines is 1. The molecule has 2 atom stereocenters. The van der Waals surface area contributed by atoms with Crippen LogP contribution >= 0.6 is 11.3 Å². The molecular formula is C28H32N6O2S. The average Bonchev–Trinajstić information content (AvgIpc) is 3.19. The molecule has 3 rings (SSSR count). The van der Waals surface area contributed by atoms with Gasteiger partial charge >= 0.3 is 0 Å². The minimum Gasteiger partial charge on any atom is -0.355 e. The number of hydrogen-bond acceptors (Lipinski definition) is 7. The number of nitrogens with one attached hydrogen (secondary N) is 2. The highest BCUT2D eigenvalue weighted by Crippen LogP contribution is 2.23. The lowest BCUT2D eigenvalue weighted by Gasteiger charge is -2.39. The summed E-state index contributed by atoms with van der Waals surface area (Å²) in [5.74, 6) is -0.709. The quantitative estimate of drug-likeness (QED) is 0.316. The molecule has 2 aromatic rings. The van der Waals surface area contributed by atoms with Crippen LogP contribution in [0.5, 0.6) is 0 Å². The standard InChI is InChI=1S/C28H32N6O2S/c1-4-33-26(18-23(19-30)27(35)32-15-13-29)37-25(28(33)36)11-14-31-24-10-6-9-22(17-24)12-16-34-20(2)7-5-8-21(34)3/h6,9-10,14,17,20-21,31H,4-5,7-8,12,15-16H2,1-3H3,(H,32,35). The van der Waals surface area contributed by atoms with Gasteiger partial charge in [0.2, 0.25) is 0 Å². The van der Waals surface area contributed by atoms with E-state index in [2.05, 4.69) is 53.0 Å². The number of amides is 1. The van der Waals surface area contributed by atoms with Gasteiger partial charge in [0, 0.05) is 37.1 Å². The summed E-state index contributed by atoms with van der Waals surface area (Å²) >= 11 is 1.09. The second-order valence-electron chi connectivity index (χ2n) is 8.99. The number of piperidine rings is 1. The van der Waals surface area contributed by atoms with Gasteiger partial charge in [-0.3, -0.25) is 19.1 Å². The van der Waals surface area contributed by atoms with E-state index >= 15 is 0 Å². The third kappa shape index (κ3) is 7.33. The number of carbonyl (C=O) groups is 1. The van der Waals surface area contributed by atoms with E-state index in [0.717, 1.165) is 30.0 Å². The lowest BCUT2D eigenvalue weighted by atomic mass is 9.97. The zero-order valence-electron chi connectivity index (χ0n) is 21.5. The van der Waals surface area contributed by atoms with E-state index in [1.54, 1.807) is 25.3 Å². The molecule has 192 valence electrons. The van der Waals surface area contributed by atoms with Crippen LogP contribution in [0.15, 0.2) is 40.8 Å². The maximum atomic E-state index is 12.8. The molecule has 0 bridgehead atoms. The first-order valence-electron chi connectivity index (χ1n) is 12.5. The van der Waals surface area contributed by atoms with Crippen LogP contribution in [0.4, 0.5) is 5.69 Å². The van der Waals surface area contributed by atoms with Gasteiger partial charge in [0.15, 0.2) is 5.57 Å². The molecule has 1 aliphatic heterocycles. The van der Waals surface area contributed by atoms with Crippen molar-refractivity contribution in [3.05, 3.63) is 61.2 Å². The lowest BCUT2D eigenvalue weighted by Crippen LogP contribution is -2.44. The molecule has 0 saturated carbocycles. The van der Waals surface area contributed by atoms with Gasteiger partial charge in [-0.2, -0.15) is 10.5 Å². The minimum atomic E-state index is -0.709. The zero-order valence-corrected chi connectivity index (χ0v) is 22.3. The molecule has 0 aliphatic carbocycles. The molecule has 9 heteroatoms. The Balaban J connectivity index is 1.82. The second-order valence-corrected chi connectivity index (χ2v) is 9.99. The molecule has 1 aliphatic rings. The number of benzene rings is 1. The molecule has 1 amide bonds. The van der Waals surface area contributed by atoms with Crippen LogP contribution < -0.4 is 25.4 Å². The van der Waals surface area contributed by atoms with Crippen molar-refractivity contribution in [1.29, 1.82) is 10.5 Å².